The molecule has 5 heteroatoms. The Hall–Kier alpha value is -2.20. The van der Waals surface area contributed by atoms with Crippen molar-refractivity contribution in [1.29, 1.82) is 0 Å². The van der Waals surface area contributed by atoms with E-state index >= 15 is 0 Å². The van der Waals surface area contributed by atoms with Crippen LogP contribution < -0.4 is 14.2 Å². The number of Topliss-reactive ketones (excluding diaryl/α,β-unsaturated/α-hetero) is 1. The van der Waals surface area contributed by atoms with Gasteiger partial charge in [-0.1, -0.05) is 11.6 Å². The fraction of sp³-hybridized carbons (Fsp3) is 0.235. The first kappa shape index (κ1) is 16.2. The van der Waals surface area contributed by atoms with Crippen molar-refractivity contribution in [3.05, 3.63) is 53.1 Å². The Labute approximate surface area is 134 Å². The number of halogens is 1. The molecule has 116 valence electrons. The molecule has 0 spiro atoms. The Morgan fingerprint density at radius 1 is 1.00 bits per heavy atom. The van der Waals surface area contributed by atoms with Gasteiger partial charge in [-0.25, -0.2) is 0 Å². The van der Waals surface area contributed by atoms with Crippen LogP contribution in [-0.4, -0.2) is 26.1 Å². The van der Waals surface area contributed by atoms with Gasteiger partial charge in [-0.2, -0.15) is 0 Å². The first-order chi connectivity index (χ1) is 10.5. The summed E-state index contributed by atoms with van der Waals surface area (Å²) in [5, 5.41) is 0.617. The van der Waals surface area contributed by atoms with Gasteiger partial charge in [0.25, 0.3) is 0 Å². The molecule has 0 radical (unpaired) electrons. The topological polar surface area (TPSA) is 44.8 Å². The molecule has 0 aliphatic heterocycles. The van der Waals surface area contributed by atoms with Crippen LogP contribution in [-0.2, 0) is 0 Å². The number of hydrogen-bond donors (Lipinski definition) is 0. The van der Waals surface area contributed by atoms with E-state index in [4.69, 9.17) is 25.8 Å². The SMILES string of the molecule is COc1ccc(C(=O)C(C)Oc2ccc(Cl)cc2)cc1OC. The Bertz CT molecular complexity index is 652. The predicted octanol–water partition coefficient (Wildman–Crippen LogP) is 4.01. The molecule has 0 aromatic heterocycles. The van der Waals surface area contributed by atoms with E-state index in [1.54, 1.807) is 56.5 Å². The molecule has 2 aromatic carbocycles. The van der Waals surface area contributed by atoms with Crippen molar-refractivity contribution in [2.24, 2.45) is 0 Å². The molecule has 0 amide bonds. The average molecular weight is 321 g/mol. The van der Waals surface area contributed by atoms with Crippen LogP contribution in [0.3, 0.4) is 0 Å². The number of carbonyl (C=O) groups is 1. The van der Waals surface area contributed by atoms with E-state index in [9.17, 15) is 4.79 Å². The van der Waals surface area contributed by atoms with Crippen molar-refractivity contribution in [3.8, 4) is 17.2 Å². The van der Waals surface area contributed by atoms with Gasteiger partial charge in [0.05, 0.1) is 14.2 Å². The summed E-state index contributed by atoms with van der Waals surface area (Å²) in [6.45, 7) is 1.70. The predicted molar refractivity (Wildman–Crippen MR) is 85.4 cm³/mol. The minimum absolute atomic E-state index is 0.143. The van der Waals surface area contributed by atoms with Crippen molar-refractivity contribution in [3.63, 3.8) is 0 Å². The zero-order chi connectivity index (χ0) is 16.1. The van der Waals surface area contributed by atoms with Crippen molar-refractivity contribution in [2.45, 2.75) is 13.0 Å². The molecule has 0 heterocycles. The van der Waals surface area contributed by atoms with E-state index in [1.165, 1.54) is 7.11 Å². The summed E-state index contributed by atoms with van der Waals surface area (Å²) in [5.74, 6) is 1.53. The van der Waals surface area contributed by atoms with Gasteiger partial charge < -0.3 is 14.2 Å². The molecule has 4 nitrogen and oxygen atoms in total. The highest BCUT2D eigenvalue weighted by Gasteiger charge is 2.18. The maximum Gasteiger partial charge on any atom is 0.203 e. The highest BCUT2D eigenvalue weighted by molar-refractivity contribution is 6.30. The lowest BCUT2D eigenvalue weighted by Crippen LogP contribution is -2.23. The lowest BCUT2D eigenvalue weighted by molar-refractivity contribution is 0.0817. The zero-order valence-electron chi connectivity index (χ0n) is 12.6. The van der Waals surface area contributed by atoms with Crippen LogP contribution in [0.4, 0.5) is 0 Å². The third kappa shape index (κ3) is 3.71. The van der Waals surface area contributed by atoms with Crippen LogP contribution in [0, 0.1) is 0 Å². The van der Waals surface area contributed by atoms with Crippen LogP contribution in [0.5, 0.6) is 17.2 Å². The van der Waals surface area contributed by atoms with Gasteiger partial charge in [0, 0.05) is 10.6 Å². The average Bonchev–Trinajstić information content (AvgIpc) is 2.55. The van der Waals surface area contributed by atoms with Crippen molar-refractivity contribution in [1.82, 2.24) is 0 Å². The third-order valence-electron chi connectivity index (χ3n) is 3.16. The van der Waals surface area contributed by atoms with E-state index in [-0.39, 0.29) is 5.78 Å². The van der Waals surface area contributed by atoms with Gasteiger partial charge >= 0.3 is 0 Å². The van der Waals surface area contributed by atoms with Gasteiger partial charge in [0.1, 0.15) is 5.75 Å². The summed E-state index contributed by atoms with van der Waals surface area (Å²) in [5.41, 5.74) is 0.499. The van der Waals surface area contributed by atoms with E-state index in [1.807, 2.05) is 0 Å². The smallest absolute Gasteiger partial charge is 0.203 e. The molecule has 2 aromatic rings. The monoisotopic (exact) mass is 320 g/mol. The van der Waals surface area contributed by atoms with Crippen molar-refractivity contribution in [2.75, 3.05) is 14.2 Å². The first-order valence-electron chi connectivity index (χ1n) is 6.73. The second-order valence-electron chi connectivity index (χ2n) is 4.65. The van der Waals surface area contributed by atoms with E-state index in [0.717, 1.165) is 0 Å². The minimum Gasteiger partial charge on any atom is -0.493 e. The molecule has 0 bridgehead atoms. The number of ketones is 1. The van der Waals surface area contributed by atoms with E-state index in [2.05, 4.69) is 0 Å². The maximum absolute atomic E-state index is 12.4. The van der Waals surface area contributed by atoms with Crippen molar-refractivity contribution < 1.29 is 19.0 Å². The highest BCUT2D eigenvalue weighted by Crippen LogP contribution is 2.28. The molecule has 0 saturated carbocycles. The fourth-order valence-electron chi connectivity index (χ4n) is 2.00. The Morgan fingerprint density at radius 3 is 2.23 bits per heavy atom. The molecule has 1 atom stereocenters. The van der Waals surface area contributed by atoms with Gasteiger partial charge in [-0.3, -0.25) is 4.79 Å². The number of rotatable bonds is 6. The van der Waals surface area contributed by atoms with Gasteiger partial charge in [-0.15, -0.1) is 0 Å². The maximum atomic E-state index is 12.4. The zero-order valence-corrected chi connectivity index (χ0v) is 13.4. The van der Waals surface area contributed by atoms with Gasteiger partial charge in [0.15, 0.2) is 17.6 Å². The largest absolute Gasteiger partial charge is 0.493 e. The molecule has 0 aliphatic carbocycles. The second-order valence-corrected chi connectivity index (χ2v) is 5.08. The number of methoxy groups -OCH3 is 2. The molecule has 0 saturated heterocycles. The molecule has 22 heavy (non-hydrogen) atoms. The summed E-state index contributed by atoms with van der Waals surface area (Å²) < 4.78 is 16.0. The number of benzene rings is 2. The molecule has 0 N–H and O–H groups in total. The van der Waals surface area contributed by atoms with E-state index in [0.29, 0.717) is 27.8 Å². The number of carbonyl (C=O) groups excluding carboxylic acids is 1. The van der Waals surface area contributed by atoms with Crippen molar-refractivity contribution >= 4 is 17.4 Å². The Kier molecular flexibility index (Phi) is 5.28. The summed E-state index contributed by atoms with van der Waals surface area (Å²) in [7, 11) is 3.07. The lowest BCUT2D eigenvalue weighted by Gasteiger charge is -2.15. The molecular formula is C17H17ClO4. The van der Waals surface area contributed by atoms with E-state index < -0.39 is 6.10 Å². The van der Waals surface area contributed by atoms with Gasteiger partial charge in [0.2, 0.25) is 5.78 Å². The fourth-order valence-corrected chi connectivity index (χ4v) is 2.12. The molecule has 1 unspecified atom stereocenters. The van der Waals surface area contributed by atoms with Crippen LogP contribution in [0.1, 0.15) is 17.3 Å². The van der Waals surface area contributed by atoms with Crippen LogP contribution in [0.15, 0.2) is 42.5 Å². The summed E-state index contributed by atoms with van der Waals surface area (Å²) in [6.07, 6.45) is -0.626. The number of ether oxygens (including phenoxy) is 3. The quantitative estimate of drug-likeness (QED) is 0.754. The molecule has 0 aliphatic rings. The third-order valence-corrected chi connectivity index (χ3v) is 3.42. The highest BCUT2D eigenvalue weighted by atomic mass is 35.5. The summed E-state index contributed by atoms with van der Waals surface area (Å²) >= 11 is 5.82. The molecular weight excluding hydrogens is 304 g/mol. The van der Waals surface area contributed by atoms with Crippen LogP contribution in [0.2, 0.25) is 5.02 Å². The van der Waals surface area contributed by atoms with Crippen LogP contribution in [0.25, 0.3) is 0 Å². The summed E-state index contributed by atoms with van der Waals surface area (Å²) in [6, 6.07) is 11.9. The molecule has 0 fully saturated rings. The second kappa shape index (κ2) is 7.18. The summed E-state index contributed by atoms with van der Waals surface area (Å²) in [4.78, 5) is 12.4. The van der Waals surface area contributed by atoms with Crippen LogP contribution >= 0.6 is 11.6 Å². The standard InChI is InChI=1S/C17H17ClO4/c1-11(22-14-7-5-13(18)6-8-14)17(19)12-4-9-15(20-2)16(10-12)21-3/h4-11H,1-3H3. The Balaban J connectivity index is 2.14. The number of hydrogen-bond acceptors (Lipinski definition) is 4. The first-order valence-corrected chi connectivity index (χ1v) is 7.11. The minimum atomic E-state index is -0.626. The van der Waals surface area contributed by atoms with Gasteiger partial charge in [-0.05, 0) is 49.4 Å². The Morgan fingerprint density at radius 2 is 1.64 bits per heavy atom. The molecule has 2 rings (SSSR count). The normalized spacial score (nSPS) is 11.6. The lowest BCUT2D eigenvalue weighted by atomic mass is 10.1.